The Morgan fingerprint density at radius 3 is 2.56 bits per heavy atom. The summed E-state index contributed by atoms with van der Waals surface area (Å²) < 4.78 is 4.62. The number of benzene rings is 1. The van der Waals surface area contributed by atoms with E-state index >= 15 is 0 Å². The largest absolute Gasteiger partial charge is 0.461 e. The highest BCUT2D eigenvalue weighted by Crippen LogP contribution is 2.61. The Hall–Kier alpha value is -2.58. The summed E-state index contributed by atoms with van der Waals surface area (Å²) in [6, 6.07) is 5.30. The summed E-state index contributed by atoms with van der Waals surface area (Å²) in [6.07, 6.45) is 11.1. The van der Waals surface area contributed by atoms with E-state index in [1.165, 1.54) is 0 Å². The fourth-order valence-electron chi connectivity index (χ4n) is 6.39. The second kappa shape index (κ2) is 10.1. The lowest BCUT2D eigenvalue weighted by Crippen LogP contribution is -2.53. The van der Waals surface area contributed by atoms with Crippen LogP contribution in [0.5, 0.6) is 0 Å². The predicted octanol–water partition coefficient (Wildman–Crippen LogP) is 3.17. The molecule has 7 nitrogen and oxygen atoms in total. The van der Waals surface area contributed by atoms with Gasteiger partial charge in [-0.25, -0.2) is 0 Å². The monoisotopic (exact) mass is 510 g/mol. The minimum absolute atomic E-state index is 0.0927. The zero-order chi connectivity index (χ0) is 25.4. The molecule has 1 N–H and O–H groups in total. The van der Waals surface area contributed by atoms with Crippen molar-refractivity contribution in [2.75, 3.05) is 31.2 Å². The number of aliphatic hydroxyl groups excluding tert-OH is 1. The topological polar surface area (TPSA) is 87.2 Å². The summed E-state index contributed by atoms with van der Waals surface area (Å²) in [5.74, 6) is -1.82. The number of nitrogens with zero attached hydrogens (tertiary/aromatic N) is 2. The molecule has 0 bridgehead atoms. The van der Waals surface area contributed by atoms with Crippen LogP contribution in [-0.4, -0.2) is 70.1 Å². The fraction of sp³-hybridized carbons (Fsp3) is 0.536. The van der Waals surface area contributed by atoms with Gasteiger partial charge in [0.1, 0.15) is 12.6 Å². The number of unbranched alkanes of at least 4 members (excludes halogenated alkanes) is 3. The van der Waals surface area contributed by atoms with Gasteiger partial charge in [-0.2, -0.15) is 0 Å². The Kier molecular flexibility index (Phi) is 7.01. The van der Waals surface area contributed by atoms with Crippen LogP contribution in [-0.2, 0) is 19.1 Å². The second-order valence-corrected chi connectivity index (χ2v) is 11.6. The van der Waals surface area contributed by atoms with Crippen molar-refractivity contribution in [2.24, 2.45) is 11.8 Å². The van der Waals surface area contributed by atoms with Crippen molar-refractivity contribution in [3.8, 4) is 0 Å². The van der Waals surface area contributed by atoms with Gasteiger partial charge in [-0.05, 0) is 37.8 Å². The summed E-state index contributed by atoms with van der Waals surface area (Å²) in [5.41, 5.74) is 2.92. The Balaban J connectivity index is 1.56. The molecule has 4 aliphatic heterocycles. The van der Waals surface area contributed by atoms with E-state index in [9.17, 15) is 14.4 Å². The minimum atomic E-state index is -0.819. The van der Waals surface area contributed by atoms with Crippen molar-refractivity contribution in [3.63, 3.8) is 0 Å². The zero-order valence-corrected chi connectivity index (χ0v) is 21.7. The van der Waals surface area contributed by atoms with Gasteiger partial charge in [-0.1, -0.05) is 55.3 Å². The van der Waals surface area contributed by atoms with Crippen LogP contribution in [0, 0.1) is 25.7 Å². The average molecular weight is 511 g/mol. The molecule has 192 valence electrons. The number of ether oxygens (including phenoxy) is 1. The minimum Gasteiger partial charge on any atom is -0.461 e. The molecule has 0 aliphatic carbocycles. The maximum atomic E-state index is 14.4. The molecule has 2 amide bonds. The molecule has 5 atom stereocenters. The summed E-state index contributed by atoms with van der Waals surface area (Å²) in [4.78, 5) is 45.1. The maximum Gasteiger partial charge on any atom is 0.311 e. The highest BCUT2D eigenvalue weighted by Gasteiger charge is 2.71. The van der Waals surface area contributed by atoms with Gasteiger partial charge >= 0.3 is 5.97 Å². The van der Waals surface area contributed by atoms with Crippen molar-refractivity contribution in [1.29, 1.82) is 0 Å². The molecular weight excluding hydrogens is 476 g/mol. The van der Waals surface area contributed by atoms with Crippen molar-refractivity contribution >= 4 is 35.2 Å². The number of aryl methyl sites for hydroxylation is 2. The molecule has 0 aromatic heterocycles. The van der Waals surface area contributed by atoms with Crippen molar-refractivity contribution in [1.82, 2.24) is 4.90 Å². The van der Waals surface area contributed by atoms with Crippen LogP contribution in [0.4, 0.5) is 5.69 Å². The number of fused-ring (bicyclic) bond motifs is 2. The molecular formula is C28H34N2O5S. The van der Waals surface area contributed by atoms with Crippen LogP contribution >= 0.6 is 11.8 Å². The van der Waals surface area contributed by atoms with E-state index in [-0.39, 0.29) is 36.2 Å². The first-order valence-corrected chi connectivity index (χ1v) is 13.8. The van der Waals surface area contributed by atoms with E-state index in [0.717, 1.165) is 42.5 Å². The number of amides is 2. The Morgan fingerprint density at radius 1 is 1.06 bits per heavy atom. The van der Waals surface area contributed by atoms with Crippen LogP contribution in [0.3, 0.4) is 0 Å². The molecule has 0 saturated carbocycles. The van der Waals surface area contributed by atoms with E-state index < -0.39 is 22.6 Å². The molecule has 1 spiro atoms. The number of carbonyl (C=O) groups excluding carboxylic acids is 3. The number of carbonyl (C=O) groups is 3. The number of esters is 1. The van der Waals surface area contributed by atoms with Gasteiger partial charge < -0.3 is 19.6 Å². The summed E-state index contributed by atoms with van der Waals surface area (Å²) in [6.45, 7) is 5.25. The van der Waals surface area contributed by atoms with Gasteiger partial charge in [-0.15, -0.1) is 11.8 Å². The van der Waals surface area contributed by atoms with Gasteiger partial charge in [0.05, 0.1) is 16.6 Å². The molecule has 1 aromatic carbocycles. The number of anilines is 1. The maximum absolute atomic E-state index is 14.4. The van der Waals surface area contributed by atoms with Crippen LogP contribution in [0.2, 0.25) is 0 Å². The van der Waals surface area contributed by atoms with Crippen molar-refractivity contribution < 1.29 is 24.2 Å². The number of aliphatic hydroxyl groups is 1. The summed E-state index contributed by atoms with van der Waals surface area (Å²) >= 11 is 1.57. The third kappa shape index (κ3) is 3.98. The smallest absolute Gasteiger partial charge is 0.311 e. The third-order valence-corrected chi connectivity index (χ3v) is 9.67. The van der Waals surface area contributed by atoms with E-state index in [0.29, 0.717) is 13.1 Å². The van der Waals surface area contributed by atoms with Gasteiger partial charge in [0.15, 0.2) is 0 Å². The van der Waals surface area contributed by atoms with Crippen molar-refractivity contribution in [3.05, 3.63) is 53.6 Å². The van der Waals surface area contributed by atoms with Crippen LogP contribution < -0.4 is 4.90 Å². The van der Waals surface area contributed by atoms with Gasteiger partial charge in [0, 0.05) is 30.6 Å². The molecule has 5 rings (SSSR count). The standard InChI is InChI=1S/C28H34N2O5S/c1-18-10-7-11-19(2)23(18)29-15-9-13-28-22(21-20(36-28)12-8-17-35-27(21)34)25(32)30(24(28)26(29)33)14-5-3-4-6-16-31/h7-13,20-22,24,31H,3-6,14-17H2,1-2H3/t20-,21+,22+,24?,28+/m1/s1. The number of likely N-dealkylation sites (tertiary alicyclic amines) is 1. The first-order chi connectivity index (χ1) is 17.4. The normalized spacial score (nSPS) is 31.1. The molecule has 2 saturated heterocycles. The Morgan fingerprint density at radius 2 is 1.81 bits per heavy atom. The molecule has 0 radical (unpaired) electrons. The number of thioether (sulfide) groups is 1. The summed E-state index contributed by atoms with van der Waals surface area (Å²) in [7, 11) is 0. The lowest BCUT2D eigenvalue weighted by Gasteiger charge is -2.36. The Labute approximate surface area is 216 Å². The van der Waals surface area contributed by atoms with E-state index in [2.05, 4.69) is 0 Å². The molecule has 2 fully saturated rings. The number of hydrogen-bond acceptors (Lipinski definition) is 6. The highest BCUT2D eigenvalue weighted by atomic mass is 32.2. The van der Waals surface area contributed by atoms with E-state index in [1.54, 1.807) is 16.7 Å². The van der Waals surface area contributed by atoms with Gasteiger partial charge in [-0.3, -0.25) is 14.4 Å². The molecule has 8 heteroatoms. The van der Waals surface area contributed by atoms with E-state index in [4.69, 9.17) is 9.84 Å². The molecule has 1 aromatic rings. The number of hydrogen-bond donors (Lipinski definition) is 1. The number of rotatable bonds is 7. The quantitative estimate of drug-likeness (QED) is 0.345. The van der Waals surface area contributed by atoms with E-state index in [1.807, 2.05) is 61.3 Å². The lowest BCUT2D eigenvalue weighted by atomic mass is 9.78. The average Bonchev–Trinajstić information content (AvgIpc) is 3.14. The molecule has 1 unspecified atom stereocenters. The Bertz CT molecular complexity index is 1100. The number of para-hydroxylation sites is 1. The molecule has 4 aliphatic rings. The summed E-state index contributed by atoms with van der Waals surface area (Å²) in [5, 5.41) is 8.91. The van der Waals surface area contributed by atoms with Gasteiger partial charge in [0.2, 0.25) is 5.91 Å². The second-order valence-electron chi connectivity index (χ2n) is 10.2. The zero-order valence-electron chi connectivity index (χ0n) is 20.9. The first-order valence-electron chi connectivity index (χ1n) is 12.9. The van der Waals surface area contributed by atoms with Crippen LogP contribution in [0.25, 0.3) is 0 Å². The third-order valence-electron chi connectivity index (χ3n) is 7.93. The predicted molar refractivity (Wildman–Crippen MR) is 140 cm³/mol. The van der Waals surface area contributed by atoms with Crippen molar-refractivity contribution in [2.45, 2.75) is 55.6 Å². The fourth-order valence-corrected chi connectivity index (χ4v) is 8.39. The van der Waals surface area contributed by atoms with Crippen LogP contribution in [0.15, 0.2) is 42.5 Å². The molecule has 36 heavy (non-hydrogen) atoms. The SMILES string of the molecule is Cc1cccc(C)c1N1CC=C[C@]23S[C@@H]4C=CCOC(=O)[C@@H]4[C@H]2C(=O)N(CCCCCCO)C3C1=O. The highest BCUT2D eigenvalue weighted by molar-refractivity contribution is 8.02. The first kappa shape index (κ1) is 25.1. The van der Waals surface area contributed by atoms with Crippen LogP contribution in [0.1, 0.15) is 36.8 Å². The lowest BCUT2D eigenvalue weighted by molar-refractivity contribution is -0.151. The molecule has 4 heterocycles. The number of cyclic esters (lactones) is 1. The van der Waals surface area contributed by atoms with Gasteiger partial charge in [0.25, 0.3) is 5.91 Å².